The molecule has 0 aliphatic heterocycles. The molecular formula is C14H28ErO2. The van der Waals surface area contributed by atoms with Gasteiger partial charge in [-0.25, -0.2) is 0 Å². The van der Waals surface area contributed by atoms with Gasteiger partial charge in [-0.05, 0) is 6.42 Å². The molecule has 0 unspecified atom stereocenters. The van der Waals surface area contributed by atoms with Gasteiger partial charge >= 0.3 is 5.97 Å². The van der Waals surface area contributed by atoms with Gasteiger partial charge in [-0.15, -0.1) is 0 Å². The average molecular weight is 396 g/mol. The SMILES string of the molecule is CCCCCCCCCCCCCC(=O)O.[Er]. The van der Waals surface area contributed by atoms with Crippen molar-refractivity contribution in [2.75, 3.05) is 0 Å². The average Bonchev–Trinajstić information content (AvgIpc) is 2.25. The fraction of sp³-hybridized carbons (Fsp3) is 0.929. The van der Waals surface area contributed by atoms with Gasteiger partial charge in [0.25, 0.3) is 0 Å². The van der Waals surface area contributed by atoms with Crippen LogP contribution in [0.1, 0.15) is 84.0 Å². The molecule has 17 heavy (non-hydrogen) atoms. The van der Waals surface area contributed by atoms with Crippen LogP contribution in [0.3, 0.4) is 0 Å². The predicted molar refractivity (Wildman–Crippen MR) is 68.7 cm³/mol. The van der Waals surface area contributed by atoms with Gasteiger partial charge in [0.15, 0.2) is 0 Å². The maximum absolute atomic E-state index is 10.3. The Bertz CT molecular complexity index is 160. The van der Waals surface area contributed by atoms with Gasteiger partial charge in [0.2, 0.25) is 0 Å². The van der Waals surface area contributed by atoms with Gasteiger partial charge in [0.05, 0.1) is 0 Å². The molecule has 0 heterocycles. The second-order valence-electron chi connectivity index (χ2n) is 4.68. The molecular weight excluding hydrogens is 367 g/mol. The molecule has 108 valence electrons. The van der Waals surface area contributed by atoms with Crippen molar-refractivity contribution in [1.82, 2.24) is 0 Å². The molecule has 0 fully saturated rings. The number of rotatable bonds is 12. The minimum absolute atomic E-state index is 0. The number of hydrogen-bond donors (Lipinski definition) is 1. The Morgan fingerprint density at radius 2 is 1.12 bits per heavy atom. The van der Waals surface area contributed by atoms with Crippen molar-refractivity contribution in [1.29, 1.82) is 0 Å². The van der Waals surface area contributed by atoms with Crippen LogP contribution < -0.4 is 0 Å². The van der Waals surface area contributed by atoms with E-state index < -0.39 is 5.97 Å². The molecule has 0 aromatic rings. The van der Waals surface area contributed by atoms with Crippen molar-refractivity contribution >= 4 is 5.97 Å². The Morgan fingerprint density at radius 3 is 1.47 bits per heavy atom. The molecule has 0 amide bonds. The fourth-order valence-corrected chi connectivity index (χ4v) is 1.94. The standard InChI is InChI=1S/C14H28O2.Er/c1-2-3-4-5-6-7-8-9-10-11-12-13-14(15)16;/h2-13H2,1H3,(H,15,16);. The number of carbonyl (C=O) groups is 1. The van der Waals surface area contributed by atoms with E-state index in [1.807, 2.05) is 0 Å². The van der Waals surface area contributed by atoms with E-state index in [4.69, 9.17) is 5.11 Å². The van der Waals surface area contributed by atoms with Crippen molar-refractivity contribution in [3.8, 4) is 0 Å². The molecule has 0 aliphatic rings. The smallest absolute Gasteiger partial charge is 0.303 e. The van der Waals surface area contributed by atoms with Crippen LogP contribution in [0.2, 0.25) is 0 Å². The number of unbranched alkanes of at least 4 members (excludes halogenated alkanes) is 10. The third kappa shape index (κ3) is 19.2. The molecule has 0 aromatic carbocycles. The molecule has 0 saturated heterocycles. The van der Waals surface area contributed by atoms with Crippen LogP contribution in [-0.4, -0.2) is 11.1 Å². The topological polar surface area (TPSA) is 37.3 Å². The minimum Gasteiger partial charge on any atom is -0.481 e. The van der Waals surface area contributed by atoms with Crippen LogP contribution in [0, 0.1) is 37.3 Å². The van der Waals surface area contributed by atoms with Crippen LogP contribution >= 0.6 is 0 Å². The Morgan fingerprint density at radius 1 is 0.765 bits per heavy atom. The second-order valence-corrected chi connectivity index (χ2v) is 4.68. The summed E-state index contributed by atoms with van der Waals surface area (Å²) in [7, 11) is 0. The van der Waals surface area contributed by atoms with Crippen LogP contribution in [-0.2, 0) is 4.79 Å². The predicted octanol–water partition coefficient (Wildman–Crippen LogP) is 4.77. The molecule has 0 spiro atoms. The summed E-state index contributed by atoms with van der Waals surface area (Å²) in [6.07, 6.45) is 14.4. The largest absolute Gasteiger partial charge is 0.481 e. The molecule has 0 aromatic heterocycles. The normalized spacial score (nSPS) is 9.94. The second kappa shape index (κ2) is 16.7. The summed E-state index contributed by atoms with van der Waals surface area (Å²) in [5, 5.41) is 8.46. The van der Waals surface area contributed by atoms with Crippen molar-refractivity contribution in [2.24, 2.45) is 0 Å². The quantitative estimate of drug-likeness (QED) is 0.483. The summed E-state index contributed by atoms with van der Waals surface area (Å²) in [5.74, 6) is -0.657. The molecule has 0 saturated carbocycles. The van der Waals surface area contributed by atoms with E-state index in [1.165, 1.54) is 57.8 Å². The monoisotopic (exact) mass is 394 g/mol. The Hall–Kier alpha value is 0.717. The zero-order valence-electron chi connectivity index (χ0n) is 11.1. The van der Waals surface area contributed by atoms with E-state index in [0.29, 0.717) is 6.42 Å². The number of hydrogen-bond acceptors (Lipinski definition) is 1. The zero-order valence-corrected chi connectivity index (χ0v) is 13.0. The van der Waals surface area contributed by atoms with E-state index in [2.05, 4.69) is 6.92 Å². The molecule has 2 nitrogen and oxygen atoms in total. The van der Waals surface area contributed by atoms with Crippen LogP contribution in [0.4, 0.5) is 0 Å². The summed E-state index contributed by atoms with van der Waals surface area (Å²) in [4.78, 5) is 10.3. The molecule has 0 aliphatic carbocycles. The van der Waals surface area contributed by atoms with Gasteiger partial charge in [0, 0.05) is 43.7 Å². The van der Waals surface area contributed by atoms with Crippen LogP contribution in [0.15, 0.2) is 0 Å². The zero-order chi connectivity index (χ0) is 12.1. The first-order chi connectivity index (χ1) is 7.77. The molecule has 0 rings (SSSR count). The summed E-state index contributed by atoms with van der Waals surface area (Å²) in [5.41, 5.74) is 0. The maximum Gasteiger partial charge on any atom is 0.303 e. The van der Waals surface area contributed by atoms with Crippen molar-refractivity contribution in [3.63, 3.8) is 0 Å². The Balaban J connectivity index is 0. The number of carboxylic acids is 1. The maximum atomic E-state index is 10.3. The van der Waals surface area contributed by atoms with E-state index in [-0.39, 0.29) is 37.3 Å². The third-order valence-electron chi connectivity index (χ3n) is 2.99. The Labute approximate surface area is 136 Å². The molecule has 0 radical (unpaired) electrons. The minimum atomic E-state index is -0.657. The molecule has 0 atom stereocenters. The van der Waals surface area contributed by atoms with Gasteiger partial charge in [-0.1, -0.05) is 71.1 Å². The van der Waals surface area contributed by atoms with E-state index >= 15 is 0 Å². The van der Waals surface area contributed by atoms with Crippen molar-refractivity contribution in [2.45, 2.75) is 84.0 Å². The summed E-state index contributed by atoms with van der Waals surface area (Å²) < 4.78 is 0. The van der Waals surface area contributed by atoms with E-state index in [9.17, 15) is 4.79 Å². The van der Waals surface area contributed by atoms with E-state index in [0.717, 1.165) is 12.8 Å². The Kier molecular flexibility index (Phi) is 19.7. The molecule has 3 heteroatoms. The van der Waals surface area contributed by atoms with Gasteiger partial charge in [0.1, 0.15) is 0 Å². The van der Waals surface area contributed by atoms with Gasteiger partial charge in [-0.2, -0.15) is 0 Å². The fourth-order valence-electron chi connectivity index (χ4n) is 1.94. The first kappa shape index (κ1) is 20.0. The summed E-state index contributed by atoms with van der Waals surface area (Å²) >= 11 is 0. The van der Waals surface area contributed by atoms with E-state index in [1.54, 1.807) is 0 Å². The molecule has 0 bridgehead atoms. The van der Waals surface area contributed by atoms with Crippen molar-refractivity contribution in [3.05, 3.63) is 0 Å². The summed E-state index contributed by atoms with van der Waals surface area (Å²) in [6, 6.07) is 0. The first-order valence-electron chi connectivity index (χ1n) is 6.99. The first-order valence-corrected chi connectivity index (χ1v) is 6.99. The van der Waals surface area contributed by atoms with Gasteiger partial charge in [-0.3, -0.25) is 4.79 Å². The number of carboxylic acid groups (broad SMARTS) is 1. The number of aliphatic carboxylic acids is 1. The third-order valence-corrected chi connectivity index (χ3v) is 2.99. The van der Waals surface area contributed by atoms with Crippen molar-refractivity contribution < 1.29 is 47.2 Å². The van der Waals surface area contributed by atoms with Gasteiger partial charge < -0.3 is 5.11 Å². The summed E-state index contributed by atoms with van der Waals surface area (Å²) in [6.45, 7) is 2.25. The van der Waals surface area contributed by atoms with Crippen LogP contribution in [0.5, 0.6) is 0 Å². The molecule has 1 N–H and O–H groups in total. The van der Waals surface area contributed by atoms with Crippen LogP contribution in [0.25, 0.3) is 0 Å².